The van der Waals surface area contributed by atoms with Crippen LogP contribution in [-0.2, 0) is 20.6 Å². The molecule has 1 saturated carbocycles. The number of nitrogens with zero attached hydrogens (tertiary/aromatic N) is 1. The monoisotopic (exact) mass is 298 g/mol. The summed E-state index contributed by atoms with van der Waals surface area (Å²) in [7, 11) is -3.80. The Labute approximate surface area is 107 Å². The molecule has 1 aliphatic rings. The van der Waals surface area contributed by atoms with Crippen LogP contribution in [0.5, 0.6) is 0 Å². The summed E-state index contributed by atoms with van der Waals surface area (Å²) in [6, 6.07) is 1.40. The second-order valence-corrected chi connectivity index (χ2v) is 7.00. The maximum atomic E-state index is 11.6. The number of carbonyl (C=O) groups is 1. The van der Waals surface area contributed by atoms with Crippen LogP contribution in [0, 0.1) is 5.92 Å². The first-order valence-corrected chi connectivity index (χ1v) is 7.02. The summed E-state index contributed by atoms with van der Waals surface area (Å²) in [5, 5.41) is 3.44. The summed E-state index contributed by atoms with van der Waals surface area (Å²) in [4.78, 5) is 11.5. The highest BCUT2D eigenvalue weighted by Gasteiger charge is 2.56. The van der Waals surface area contributed by atoms with Gasteiger partial charge in [-0.05, 0) is 6.42 Å². The lowest BCUT2D eigenvalue weighted by atomic mass is 10.4. The lowest BCUT2D eigenvalue weighted by Gasteiger charge is -2.04. The number of halogens is 2. The molecule has 0 bridgehead atoms. The highest BCUT2D eigenvalue weighted by molar-refractivity contribution is 7.89. The van der Waals surface area contributed by atoms with E-state index >= 15 is 0 Å². The van der Waals surface area contributed by atoms with Crippen molar-refractivity contribution in [2.24, 2.45) is 5.92 Å². The van der Waals surface area contributed by atoms with Crippen LogP contribution < -0.4 is 4.72 Å². The van der Waals surface area contributed by atoms with Crippen molar-refractivity contribution in [1.29, 1.82) is 0 Å². The quantitative estimate of drug-likeness (QED) is 0.831. The van der Waals surface area contributed by atoms with Gasteiger partial charge < -0.3 is 4.52 Å². The largest absolute Gasteiger partial charge is 0.364 e. The smallest absolute Gasteiger partial charge is 0.240 e. The molecule has 0 radical (unpaired) electrons. The number of hydrogen-bond acceptors (Lipinski definition) is 5. The van der Waals surface area contributed by atoms with E-state index in [9.17, 15) is 13.2 Å². The summed E-state index contributed by atoms with van der Waals surface area (Å²) in [5.74, 6) is -1.81. The van der Waals surface area contributed by atoms with Crippen LogP contribution in [0.25, 0.3) is 0 Å². The number of carbonyl (C=O) groups excluding carboxylic acids is 1. The van der Waals surface area contributed by atoms with Gasteiger partial charge in [0.1, 0.15) is 22.0 Å². The van der Waals surface area contributed by atoms with Gasteiger partial charge in [-0.25, -0.2) is 8.42 Å². The van der Waals surface area contributed by atoms with Crippen molar-refractivity contribution >= 4 is 39.1 Å². The Morgan fingerprint density at radius 1 is 1.65 bits per heavy atom. The number of aromatic nitrogens is 1. The van der Waals surface area contributed by atoms with Crippen molar-refractivity contribution in [2.75, 3.05) is 0 Å². The molecule has 0 spiro atoms. The van der Waals surface area contributed by atoms with Gasteiger partial charge in [-0.15, -0.1) is 23.2 Å². The zero-order chi connectivity index (χ0) is 12.7. The van der Waals surface area contributed by atoms with E-state index in [1.165, 1.54) is 12.3 Å². The zero-order valence-electron chi connectivity index (χ0n) is 8.39. The van der Waals surface area contributed by atoms with Crippen molar-refractivity contribution in [2.45, 2.75) is 16.5 Å². The second kappa shape index (κ2) is 4.15. The minimum atomic E-state index is -3.80. The maximum Gasteiger partial charge on any atom is 0.240 e. The van der Waals surface area contributed by atoms with E-state index in [4.69, 9.17) is 23.2 Å². The first-order chi connectivity index (χ1) is 7.80. The summed E-state index contributed by atoms with van der Waals surface area (Å²) in [6.45, 7) is 0. The Kier molecular flexibility index (Phi) is 3.09. The van der Waals surface area contributed by atoms with Crippen LogP contribution in [0.4, 0.5) is 0 Å². The number of hydrogen-bond donors (Lipinski definition) is 1. The predicted molar refractivity (Wildman–Crippen MR) is 59.8 cm³/mol. The number of nitrogens with one attached hydrogen (secondary N) is 1. The van der Waals surface area contributed by atoms with Crippen LogP contribution in [0.2, 0.25) is 0 Å². The molecule has 0 aromatic carbocycles. The van der Waals surface area contributed by atoms with E-state index in [2.05, 4.69) is 9.68 Å². The molecule has 0 saturated heterocycles. The van der Waals surface area contributed by atoms with Crippen LogP contribution >= 0.6 is 23.2 Å². The highest BCUT2D eigenvalue weighted by atomic mass is 35.5. The third kappa shape index (κ3) is 3.11. The number of alkyl halides is 2. The van der Waals surface area contributed by atoms with Gasteiger partial charge in [0.05, 0.1) is 5.92 Å². The topological polar surface area (TPSA) is 89.3 Å². The average molecular weight is 299 g/mol. The normalized spacial score (nSPS) is 22.1. The maximum absolute atomic E-state index is 11.6. The van der Waals surface area contributed by atoms with Crippen LogP contribution in [0.15, 0.2) is 16.9 Å². The Balaban J connectivity index is 1.96. The number of amides is 1. The molecule has 17 heavy (non-hydrogen) atoms. The van der Waals surface area contributed by atoms with Crippen molar-refractivity contribution in [3.63, 3.8) is 0 Å². The summed E-state index contributed by atoms with van der Waals surface area (Å²) < 4.78 is 28.3. The lowest BCUT2D eigenvalue weighted by Crippen LogP contribution is -2.33. The standard InChI is InChI=1S/C8H8Cl2N2O4S/c9-8(10)3-6(8)7(13)12-17(14,15)4-5-1-2-16-11-5/h1-2,6H,3-4H2,(H,12,13). The minimum Gasteiger partial charge on any atom is -0.364 e. The molecule has 1 atom stereocenters. The van der Waals surface area contributed by atoms with Gasteiger partial charge in [-0.3, -0.25) is 9.52 Å². The van der Waals surface area contributed by atoms with E-state index in [-0.39, 0.29) is 12.1 Å². The summed E-state index contributed by atoms with van der Waals surface area (Å²) >= 11 is 11.3. The third-order valence-corrected chi connectivity index (χ3v) is 4.25. The molecule has 1 aromatic heterocycles. The molecule has 1 heterocycles. The van der Waals surface area contributed by atoms with E-state index in [1.807, 2.05) is 4.72 Å². The Bertz CT molecular complexity index is 526. The van der Waals surface area contributed by atoms with Crippen molar-refractivity contribution in [3.05, 3.63) is 18.0 Å². The van der Waals surface area contributed by atoms with E-state index < -0.39 is 31.9 Å². The summed E-state index contributed by atoms with van der Waals surface area (Å²) in [5.41, 5.74) is 0.212. The molecule has 6 nitrogen and oxygen atoms in total. The molecule has 1 N–H and O–H groups in total. The van der Waals surface area contributed by atoms with E-state index in [1.54, 1.807) is 0 Å². The first kappa shape index (κ1) is 12.7. The van der Waals surface area contributed by atoms with Crippen LogP contribution in [0.3, 0.4) is 0 Å². The van der Waals surface area contributed by atoms with Gasteiger partial charge in [-0.2, -0.15) is 0 Å². The Hall–Kier alpha value is -0.790. The molecule has 9 heteroatoms. The van der Waals surface area contributed by atoms with Gasteiger partial charge in [-0.1, -0.05) is 5.16 Å². The van der Waals surface area contributed by atoms with Gasteiger partial charge in [0.25, 0.3) is 0 Å². The molecular weight excluding hydrogens is 291 g/mol. The van der Waals surface area contributed by atoms with Crippen LogP contribution in [-0.4, -0.2) is 23.8 Å². The highest BCUT2D eigenvalue weighted by Crippen LogP contribution is 2.53. The second-order valence-electron chi connectivity index (χ2n) is 3.73. The Morgan fingerprint density at radius 3 is 2.76 bits per heavy atom. The molecule has 0 aliphatic heterocycles. The molecule has 1 amide bonds. The third-order valence-electron chi connectivity index (χ3n) is 2.23. The Morgan fingerprint density at radius 2 is 2.29 bits per heavy atom. The average Bonchev–Trinajstić information content (AvgIpc) is 2.59. The van der Waals surface area contributed by atoms with Gasteiger partial charge >= 0.3 is 0 Å². The van der Waals surface area contributed by atoms with Crippen LogP contribution in [0.1, 0.15) is 12.1 Å². The molecule has 1 unspecified atom stereocenters. The fraction of sp³-hybridized carbons (Fsp3) is 0.500. The minimum absolute atomic E-state index is 0.212. The molecule has 94 valence electrons. The molecule has 1 fully saturated rings. The van der Waals surface area contributed by atoms with E-state index in [0.717, 1.165) is 0 Å². The number of sulfonamides is 1. The van der Waals surface area contributed by atoms with E-state index in [0.29, 0.717) is 0 Å². The zero-order valence-corrected chi connectivity index (χ0v) is 10.7. The first-order valence-electron chi connectivity index (χ1n) is 4.61. The van der Waals surface area contributed by atoms with Gasteiger partial charge in [0.15, 0.2) is 0 Å². The van der Waals surface area contributed by atoms with Crippen molar-refractivity contribution < 1.29 is 17.7 Å². The van der Waals surface area contributed by atoms with Gasteiger partial charge in [0, 0.05) is 6.07 Å². The van der Waals surface area contributed by atoms with Crippen molar-refractivity contribution in [3.8, 4) is 0 Å². The SMILES string of the molecule is O=C(NS(=O)(=O)Cc1ccon1)C1CC1(Cl)Cl. The fourth-order valence-electron chi connectivity index (χ4n) is 1.26. The molecule has 2 rings (SSSR count). The summed E-state index contributed by atoms with van der Waals surface area (Å²) in [6.07, 6.45) is 1.50. The molecule has 1 aromatic rings. The fourth-order valence-corrected chi connectivity index (χ4v) is 2.83. The molecular formula is C8H8Cl2N2O4S. The van der Waals surface area contributed by atoms with Crippen molar-refractivity contribution in [1.82, 2.24) is 9.88 Å². The molecule has 1 aliphatic carbocycles. The van der Waals surface area contributed by atoms with Gasteiger partial charge in [0.2, 0.25) is 15.9 Å². The number of rotatable bonds is 4. The predicted octanol–water partition coefficient (Wildman–Crippen LogP) is 0.814. The lowest BCUT2D eigenvalue weighted by molar-refractivity contribution is -0.120.